The molecule has 0 aliphatic heterocycles. The fraction of sp³-hybridized carbons (Fsp3) is 0.316. The number of hydrogen-bond donors (Lipinski definition) is 1. The van der Waals surface area contributed by atoms with E-state index in [1.165, 1.54) is 18.2 Å². The summed E-state index contributed by atoms with van der Waals surface area (Å²) in [6.45, 7) is 5.44. The van der Waals surface area contributed by atoms with Crippen LogP contribution in [-0.4, -0.2) is 30.1 Å². The molecule has 0 aliphatic rings. The topological polar surface area (TPSA) is 90.7 Å². The van der Waals surface area contributed by atoms with Crippen LogP contribution in [0.3, 0.4) is 0 Å². The maximum absolute atomic E-state index is 12.0. The van der Waals surface area contributed by atoms with Gasteiger partial charge in [0, 0.05) is 23.2 Å². The molecule has 1 N–H and O–H groups in total. The molecule has 2 aromatic rings. The normalized spacial score (nSPS) is 10.9. The fourth-order valence-electron chi connectivity index (χ4n) is 2.35. The molecule has 0 atom stereocenters. The molecule has 2 aromatic carbocycles. The molecule has 0 radical (unpaired) electrons. The minimum Gasteiger partial charge on any atom is -0.497 e. The number of nitro benzene ring substituents is 1. The van der Waals surface area contributed by atoms with Crippen LogP contribution in [0, 0.1) is 10.1 Å². The average Bonchev–Trinajstić information content (AvgIpc) is 2.58. The van der Waals surface area contributed by atoms with E-state index in [1.54, 1.807) is 31.4 Å². The van der Waals surface area contributed by atoms with Gasteiger partial charge in [0.1, 0.15) is 11.5 Å². The van der Waals surface area contributed by atoms with Crippen LogP contribution in [0.2, 0.25) is 0 Å². The van der Waals surface area contributed by atoms with Crippen molar-refractivity contribution < 1.29 is 19.2 Å². The second-order valence-electron chi connectivity index (χ2n) is 6.75. The number of nitrogens with zero attached hydrogens (tertiary/aromatic N) is 1. The van der Waals surface area contributed by atoms with Crippen LogP contribution in [-0.2, 0) is 4.79 Å². The maximum atomic E-state index is 12.0. The Morgan fingerprint density at radius 1 is 1.15 bits per heavy atom. The number of benzene rings is 2. The van der Waals surface area contributed by atoms with E-state index in [1.807, 2.05) is 20.8 Å². The standard InChI is InChI=1S/C19H22N2O5/c1-19(2,3)20-18(22)12-26-17-10-7-14(21(23)24)11-16(17)13-5-8-15(25-4)9-6-13/h5-11H,12H2,1-4H3,(H,20,22). The minimum atomic E-state index is -0.469. The Morgan fingerprint density at radius 2 is 1.81 bits per heavy atom. The average molecular weight is 358 g/mol. The smallest absolute Gasteiger partial charge is 0.270 e. The van der Waals surface area contributed by atoms with Crippen molar-refractivity contribution in [3.8, 4) is 22.6 Å². The van der Waals surface area contributed by atoms with Crippen LogP contribution in [0.4, 0.5) is 5.69 Å². The van der Waals surface area contributed by atoms with Crippen LogP contribution in [0.25, 0.3) is 11.1 Å². The van der Waals surface area contributed by atoms with Gasteiger partial charge in [-0.1, -0.05) is 12.1 Å². The molecule has 0 heterocycles. The Hall–Kier alpha value is -3.09. The lowest BCUT2D eigenvalue weighted by atomic mass is 10.0. The highest BCUT2D eigenvalue weighted by atomic mass is 16.6. The third-order valence-corrected chi connectivity index (χ3v) is 3.45. The zero-order chi connectivity index (χ0) is 19.3. The van der Waals surface area contributed by atoms with Crippen molar-refractivity contribution in [2.24, 2.45) is 0 Å². The number of carbonyl (C=O) groups is 1. The molecule has 0 bridgehead atoms. The molecule has 0 spiro atoms. The highest BCUT2D eigenvalue weighted by molar-refractivity contribution is 5.79. The highest BCUT2D eigenvalue weighted by Gasteiger charge is 2.17. The van der Waals surface area contributed by atoms with Gasteiger partial charge in [-0.05, 0) is 44.5 Å². The van der Waals surface area contributed by atoms with Crippen LogP contribution >= 0.6 is 0 Å². The molecule has 7 heteroatoms. The quantitative estimate of drug-likeness (QED) is 0.630. The van der Waals surface area contributed by atoms with E-state index in [0.29, 0.717) is 17.1 Å². The number of amides is 1. The Morgan fingerprint density at radius 3 is 2.35 bits per heavy atom. The predicted octanol–water partition coefficient (Wildman–Crippen LogP) is 3.56. The van der Waals surface area contributed by atoms with Crippen molar-refractivity contribution in [2.45, 2.75) is 26.3 Å². The monoisotopic (exact) mass is 358 g/mol. The zero-order valence-electron chi connectivity index (χ0n) is 15.2. The molecule has 26 heavy (non-hydrogen) atoms. The number of hydrogen-bond acceptors (Lipinski definition) is 5. The van der Waals surface area contributed by atoms with Gasteiger partial charge >= 0.3 is 0 Å². The first kappa shape index (κ1) is 19.2. The van der Waals surface area contributed by atoms with Crippen LogP contribution in [0.5, 0.6) is 11.5 Å². The summed E-state index contributed by atoms with van der Waals surface area (Å²) in [5.41, 5.74) is 0.836. The molecule has 0 saturated heterocycles. The summed E-state index contributed by atoms with van der Waals surface area (Å²) in [5.74, 6) is 0.799. The van der Waals surface area contributed by atoms with Crippen molar-refractivity contribution in [3.63, 3.8) is 0 Å². The summed E-state index contributed by atoms with van der Waals surface area (Å²) in [4.78, 5) is 22.6. The van der Waals surface area contributed by atoms with Gasteiger partial charge < -0.3 is 14.8 Å². The number of non-ortho nitro benzene ring substituents is 1. The summed E-state index contributed by atoms with van der Waals surface area (Å²) >= 11 is 0. The Labute approximate surface area is 152 Å². The molecule has 2 rings (SSSR count). The Kier molecular flexibility index (Phi) is 5.82. The lowest BCUT2D eigenvalue weighted by molar-refractivity contribution is -0.384. The first-order chi connectivity index (χ1) is 12.2. The highest BCUT2D eigenvalue weighted by Crippen LogP contribution is 2.34. The summed E-state index contributed by atoms with van der Waals surface area (Å²) < 4.78 is 10.8. The van der Waals surface area contributed by atoms with E-state index >= 15 is 0 Å². The fourth-order valence-corrected chi connectivity index (χ4v) is 2.35. The second-order valence-corrected chi connectivity index (χ2v) is 6.75. The molecule has 0 aromatic heterocycles. The molecule has 0 aliphatic carbocycles. The van der Waals surface area contributed by atoms with Gasteiger partial charge in [-0.15, -0.1) is 0 Å². The van der Waals surface area contributed by atoms with Gasteiger partial charge in [0.2, 0.25) is 0 Å². The second kappa shape index (κ2) is 7.86. The van der Waals surface area contributed by atoms with Crippen molar-refractivity contribution in [1.82, 2.24) is 5.32 Å². The molecule has 138 valence electrons. The molecular formula is C19H22N2O5. The predicted molar refractivity (Wildman–Crippen MR) is 98.5 cm³/mol. The zero-order valence-corrected chi connectivity index (χ0v) is 15.2. The largest absolute Gasteiger partial charge is 0.497 e. The molecular weight excluding hydrogens is 336 g/mol. The number of nitrogens with one attached hydrogen (secondary N) is 1. The first-order valence-corrected chi connectivity index (χ1v) is 8.06. The van der Waals surface area contributed by atoms with Crippen LogP contribution < -0.4 is 14.8 Å². The maximum Gasteiger partial charge on any atom is 0.270 e. The Bertz CT molecular complexity index is 795. The van der Waals surface area contributed by atoms with Gasteiger partial charge in [0.15, 0.2) is 6.61 Å². The summed E-state index contributed by atoms with van der Waals surface area (Å²) in [6.07, 6.45) is 0. The number of rotatable bonds is 6. The van der Waals surface area contributed by atoms with Crippen LogP contribution in [0.15, 0.2) is 42.5 Å². The van der Waals surface area contributed by atoms with E-state index in [0.717, 1.165) is 5.56 Å². The van der Waals surface area contributed by atoms with Crippen LogP contribution in [0.1, 0.15) is 20.8 Å². The first-order valence-electron chi connectivity index (χ1n) is 8.06. The molecule has 1 amide bonds. The van der Waals surface area contributed by atoms with Gasteiger partial charge in [-0.25, -0.2) is 0 Å². The van der Waals surface area contributed by atoms with E-state index in [-0.39, 0.29) is 23.7 Å². The summed E-state index contributed by atoms with van der Waals surface area (Å²) in [5, 5.41) is 13.9. The van der Waals surface area contributed by atoms with E-state index in [2.05, 4.69) is 5.32 Å². The molecule has 0 fully saturated rings. The third-order valence-electron chi connectivity index (χ3n) is 3.45. The number of nitro groups is 1. The Balaban J connectivity index is 2.30. The number of carbonyl (C=O) groups excluding carboxylic acids is 1. The lowest BCUT2D eigenvalue weighted by Gasteiger charge is -2.20. The summed E-state index contributed by atoms with van der Waals surface area (Å²) in [7, 11) is 1.56. The van der Waals surface area contributed by atoms with Gasteiger partial charge in [-0.3, -0.25) is 14.9 Å². The molecule has 0 saturated carbocycles. The van der Waals surface area contributed by atoms with Gasteiger partial charge in [0.05, 0.1) is 12.0 Å². The minimum absolute atomic E-state index is 0.0534. The number of ether oxygens (including phenoxy) is 2. The van der Waals surface area contributed by atoms with Crippen molar-refractivity contribution in [1.29, 1.82) is 0 Å². The third kappa shape index (κ3) is 5.20. The van der Waals surface area contributed by atoms with E-state index < -0.39 is 4.92 Å². The lowest BCUT2D eigenvalue weighted by Crippen LogP contribution is -2.43. The van der Waals surface area contributed by atoms with E-state index in [4.69, 9.17) is 9.47 Å². The molecule has 7 nitrogen and oxygen atoms in total. The molecule has 0 unspecified atom stereocenters. The summed E-state index contributed by atoms with van der Waals surface area (Å²) in [6, 6.07) is 11.3. The van der Waals surface area contributed by atoms with Gasteiger partial charge in [0.25, 0.3) is 11.6 Å². The van der Waals surface area contributed by atoms with Crippen molar-refractivity contribution in [2.75, 3.05) is 13.7 Å². The van der Waals surface area contributed by atoms with E-state index in [9.17, 15) is 14.9 Å². The number of methoxy groups -OCH3 is 1. The van der Waals surface area contributed by atoms with Crippen molar-refractivity contribution in [3.05, 3.63) is 52.6 Å². The van der Waals surface area contributed by atoms with Gasteiger partial charge in [-0.2, -0.15) is 0 Å². The van der Waals surface area contributed by atoms with Crippen molar-refractivity contribution >= 4 is 11.6 Å². The SMILES string of the molecule is COc1ccc(-c2cc([N+](=O)[O-])ccc2OCC(=O)NC(C)(C)C)cc1.